The monoisotopic (exact) mass is 223 g/mol. The Hall–Kier alpha value is -1.88. The van der Waals surface area contributed by atoms with E-state index >= 15 is 0 Å². The van der Waals surface area contributed by atoms with Crippen molar-refractivity contribution < 1.29 is 19.1 Å². The lowest BCUT2D eigenvalue weighted by atomic mass is 10.0. The fourth-order valence-electron chi connectivity index (χ4n) is 1.34. The number of benzene rings is 1. The van der Waals surface area contributed by atoms with Crippen LogP contribution in [0.4, 0.5) is 0 Å². The average molecular weight is 223 g/mol. The zero-order valence-corrected chi connectivity index (χ0v) is 9.15. The molecule has 0 saturated heterocycles. The SMILES string of the molecule is COc1cc(C=O)c(C(=O)CN)cc1OC. The summed E-state index contributed by atoms with van der Waals surface area (Å²) in [6, 6.07) is 2.91. The number of carbonyl (C=O) groups is 2. The topological polar surface area (TPSA) is 78.6 Å². The minimum atomic E-state index is -0.317. The Bertz CT molecular complexity index is 415. The summed E-state index contributed by atoms with van der Waals surface area (Å²) in [5.74, 6) is 0.478. The van der Waals surface area contributed by atoms with E-state index < -0.39 is 0 Å². The van der Waals surface area contributed by atoms with Crippen molar-refractivity contribution in [2.45, 2.75) is 0 Å². The van der Waals surface area contributed by atoms with Gasteiger partial charge in [-0.05, 0) is 12.1 Å². The number of hydrogen-bond acceptors (Lipinski definition) is 5. The van der Waals surface area contributed by atoms with E-state index in [9.17, 15) is 9.59 Å². The number of hydrogen-bond donors (Lipinski definition) is 1. The molecule has 0 aliphatic rings. The molecule has 2 N–H and O–H groups in total. The van der Waals surface area contributed by atoms with Crippen LogP contribution in [0.25, 0.3) is 0 Å². The van der Waals surface area contributed by atoms with E-state index in [0.717, 1.165) is 0 Å². The lowest BCUT2D eigenvalue weighted by Crippen LogP contribution is -2.15. The molecule has 0 fully saturated rings. The summed E-state index contributed by atoms with van der Waals surface area (Å²) in [4.78, 5) is 22.3. The van der Waals surface area contributed by atoms with Gasteiger partial charge in [0.15, 0.2) is 23.6 Å². The van der Waals surface area contributed by atoms with Crippen molar-refractivity contribution in [1.29, 1.82) is 0 Å². The molecule has 0 bridgehead atoms. The van der Waals surface area contributed by atoms with Crippen LogP contribution >= 0.6 is 0 Å². The first-order valence-corrected chi connectivity index (χ1v) is 4.62. The van der Waals surface area contributed by atoms with Crippen LogP contribution in [0.15, 0.2) is 12.1 Å². The van der Waals surface area contributed by atoms with E-state index in [0.29, 0.717) is 17.8 Å². The van der Waals surface area contributed by atoms with Gasteiger partial charge in [0, 0.05) is 11.1 Å². The minimum Gasteiger partial charge on any atom is -0.493 e. The van der Waals surface area contributed by atoms with Crippen LogP contribution < -0.4 is 15.2 Å². The Balaban J connectivity index is 3.37. The van der Waals surface area contributed by atoms with Gasteiger partial charge < -0.3 is 15.2 Å². The number of nitrogens with two attached hydrogens (primary N) is 1. The number of carbonyl (C=O) groups excluding carboxylic acids is 2. The van der Waals surface area contributed by atoms with Crippen LogP contribution in [-0.2, 0) is 0 Å². The van der Waals surface area contributed by atoms with Gasteiger partial charge in [0.2, 0.25) is 0 Å². The molecule has 0 heterocycles. The maximum absolute atomic E-state index is 11.5. The first kappa shape index (κ1) is 12.2. The first-order chi connectivity index (χ1) is 7.67. The van der Waals surface area contributed by atoms with Crippen molar-refractivity contribution in [2.75, 3.05) is 20.8 Å². The predicted molar refractivity (Wildman–Crippen MR) is 58.3 cm³/mol. The number of ether oxygens (including phenoxy) is 2. The maximum Gasteiger partial charge on any atom is 0.177 e. The summed E-state index contributed by atoms with van der Waals surface area (Å²) >= 11 is 0. The Morgan fingerprint density at radius 1 is 1.31 bits per heavy atom. The van der Waals surface area contributed by atoms with Crippen molar-refractivity contribution in [3.8, 4) is 11.5 Å². The molecule has 5 heteroatoms. The van der Waals surface area contributed by atoms with Crippen molar-refractivity contribution in [3.05, 3.63) is 23.3 Å². The quantitative estimate of drug-likeness (QED) is 0.586. The summed E-state index contributed by atoms with van der Waals surface area (Å²) in [7, 11) is 2.91. The molecule has 0 amide bonds. The number of methoxy groups -OCH3 is 2. The van der Waals surface area contributed by atoms with Gasteiger partial charge in [0.05, 0.1) is 20.8 Å². The second-order valence-electron chi connectivity index (χ2n) is 3.04. The van der Waals surface area contributed by atoms with Gasteiger partial charge in [0.1, 0.15) is 0 Å². The van der Waals surface area contributed by atoms with E-state index in [1.807, 2.05) is 0 Å². The molecule has 0 aromatic heterocycles. The molecule has 1 aromatic rings. The Kier molecular flexibility index (Phi) is 4.02. The van der Waals surface area contributed by atoms with Crippen molar-refractivity contribution in [3.63, 3.8) is 0 Å². The molecule has 16 heavy (non-hydrogen) atoms. The van der Waals surface area contributed by atoms with Crippen LogP contribution in [-0.4, -0.2) is 32.8 Å². The highest BCUT2D eigenvalue weighted by molar-refractivity contribution is 6.04. The summed E-state index contributed by atoms with van der Waals surface area (Å²) < 4.78 is 10.1. The summed E-state index contributed by atoms with van der Waals surface area (Å²) in [6.07, 6.45) is 0.588. The van der Waals surface area contributed by atoms with E-state index in [1.54, 1.807) is 0 Å². The van der Waals surface area contributed by atoms with Crippen LogP contribution in [0.1, 0.15) is 20.7 Å². The van der Waals surface area contributed by atoms with E-state index in [1.165, 1.54) is 26.4 Å². The third-order valence-corrected chi connectivity index (χ3v) is 2.17. The highest BCUT2D eigenvalue weighted by Gasteiger charge is 2.15. The molecule has 86 valence electrons. The van der Waals surface area contributed by atoms with Gasteiger partial charge >= 0.3 is 0 Å². The molecule has 0 unspecified atom stereocenters. The Labute approximate surface area is 93.1 Å². The molecule has 0 spiro atoms. The first-order valence-electron chi connectivity index (χ1n) is 4.62. The lowest BCUT2D eigenvalue weighted by Gasteiger charge is -2.10. The molecule has 1 rings (SSSR count). The minimum absolute atomic E-state index is 0.156. The highest BCUT2D eigenvalue weighted by Crippen LogP contribution is 2.30. The fourth-order valence-corrected chi connectivity index (χ4v) is 1.34. The molecule has 0 atom stereocenters. The van der Waals surface area contributed by atoms with E-state index in [-0.39, 0.29) is 23.5 Å². The van der Waals surface area contributed by atoms with Gasteiger partial charge in [-0.1, -0.05) is 0 Å². The molecule has 0 radical (unpaired) electrons. The number of Topliss-reactive ketones (excluding diaryl/α,β-unsaturated/α-hetero) is 1. The zero-order valence-electron chi connectivity index (χ0n) is 9.15. The van der Waals surface area contributed by atoms with Crippen LogP contribution in [0.3, 0.4) is 0 Å². The standard InChI is InChI=1S/C11H13NO4/c1-15-10-3-7(6-13)8(9(14)5-12)4-11(10)16-2/h3-4,6H,5,12H2,1-2H3. The fraction of sp³-hybridized carbons (Fsp3) is 0.273. The summed E-state index contributed by atoms with van der Waals surface area (Å²) in [5, 5.41) is 0. The van der Waals surface area contributed by atoms with Crippen molar-refractivity contribution in [2.24, 2.45) is 5.73 Å². The molecule has 5 nitrogen and oxygen atoms in total. The molecular formula is C11H13NO4. The molecule has 0 aliphatic carbocycles. The number of rotatable bonds is 5. The third-order valence-electron chi connectivity index (χ3n) is 2.17. The number of ketones is 1. The predicted octanol–water partition coefficient (Wildman–Crippen LogP) is 0.658. The Morgan fingerprint density at radius 2 is 1.88 bits per heavy atom. The molecule has 0 saturated carbocycles. The van der Waals surface area contributed by atoms with Crippen LogP contribution in [0.2, 0.25) is 0 Å². The van der Waals surface area contributed by atoms with Crippen molar-refractivity contribution >= 4 is 12.1 Å². The second kappa shape index (κ2) is 5.27. The average Bonchev–Trinajstić information content (AvgIpc) is 2.35. The zero-order chi connectivity index (χ0) is 12.1. The highest BCUT2D eigenvalue weighted by atomic mass is 16.5. The van der Waals surface area contributed by atoms with Gasteiger partial charge in [-0.3, -0.25) is 9.59 Å². The van der Waals surface area contributed by atoms with Crippen LogP contribution in [0, 0.1) is 0 Å². The van der Waals surface area contributed by atoms with Crippen molar-refractivity contribution in [1.82, 2.24) is 0 Å². The Morgan fingerprint density at radius 3 is 2.31 bits per heavy atom. The number of aldehydes is 1. The van der Waals surface area contributed by atoms with Gasteiger partial charge in [-0.25, -0.2) is 0 Å². The second-order valence-corrected chi connectivity index (χ2v) is 3.04. The maximum atomic E-state index is 11.5. The normalized spacial score (nSPS) is 9.69. The van der Waals surface area contributed by atoms with Gasteiger partial charge in [-0.2, -0.15) is 0 Å². The van der Waals surface area contributed by atoms with E-state index in [2.05, 4.69) is 0 Å². The lowest BCUT2D eigenvalue weighted by molar-refractivity contribution is 0.0993. The smallest absolute Gasteiger partial charge is 0.177 e. The largest absolute Gasteiger partial charge is 0.493 e. The van der Waals surface area contributed by atoms with Gasteiger partial charge in [0.25, 0.3) is 0 Å². The van der Waals surface area contributed by atoms with E-state index in [4.69, 9.17) is 15.2 Å². The third kappa shape index (κ3) is 2.20. The molecule has 0 aliphatic heterocycles. The van der Waals surface area contributed by atoms with Crippen LogP contribution in [0.5, 0.6) is 11.5 Å². The summed E-state index contributed by atoms with van der Waals surface area (Å²) in [5.41, 5.74) is 5.74. The van der Waals surface area contributed by atoms with Gasteiger partial charge in [-0.15, -0.1) is 0 Å². The molecular weight excluding hydrogens is 210 g/mol. The molecule has 1 aromatic carbocycles. The summed E-state index contributed by atoms with van der Waals surface area (Å²) in [6.45, 7) is -0.156.